The highest BCUT2D eigenvalue weighted by molar-refractivity contribution is 8.05. The van der Waals surface area contributed by atoms with Gasteiger partial charge in [0.05, 0.1) is 19.2 Å². The zero-order chi connectivity index (χ0) is 24.3. The zero-order valence-corrected chi connectivity index (χ0v) is 21.0. The van der Waals surface area contributed by atoms with Crippen LogP contribution in [0.2, 0.25) is 0 Å². The maximum Gasteiger partial charge on any atom is 0.349 e. The van der Waals surface area contributed by atoms with Gasteiger partial charge in [0.2, 0.25) is 0 Å². The summed E-state index contributed by atoms with van der Waals surface area (Å²) in [5, 5.41) is 20.1. The van der Waals surface area contributed by atoms with Gasteiger partial charge >= 0.3 is 11.9 Å². The Labute approximate surface area is 207 Å². The Bertz CT molecular complexity index is 1090. The first-order chi connectivity index (χ1) is 16.3. The Morgan fingerprint density at radius 2 is 2.00 bits per heavy atom. The fraction of sp³-hybridized carbons (Fsp3) is 0.480. The second kappa shape index (κ2) is 10.4. The van der Waals surface area contributed by atoms with Crippen LogP contribution >= 0.6 is 23.1 Å². The van der Waals surface area contributed by atoms with Crippen LogP contribution in [0, 0.1) is 12.8 Å². The number of thiazole rings is 1. The number of thioether (sulfide) groups is 1. The zero-order valence-electron chi connectivity index (χ0n) is 19.3. The number of aliphatic hydroxyl groups is 1. The van der Waals surface area contributed by atoms with Gasteiger partial charge in [-0.25, -0.2) is 9.78 Å². The molecule has 1 unspecified atom stereocenters. The van der Waals surface area contributed by atoms with E-state index in [0.717, 1.165) is 55.2 Å². The number of aliphatic hydroxyl groups excluding tert-OH is 1. The summed E-state index contributed by atoms with van der Waals surface area (Å²) in [7, 11) is 1.64. The lowest BCUT2D eigenvalue weighted by Gasteiger charge is -2.41. The van der Waals surface area contributed by atoms with Gasteiger partial charge in [0, 0.05) is 11.3 Å². The first kappa shape index (κ1) is 24.6. The molecule has 182 valence electrons. The molecule has 9 heteroatoms. The summed E-state index contributed by atoms with van der Waals surface area (Å²) in [6.45, 7) is 1.75. The third-order valence-corrected chi connectivity index (χ3v) is 9.00. The average molecular weight is 504 g/mol. The standard InChI is InChI=1S/C25H29NO6S2/c1-15-20(13-21(28)29)33-24(26-15)34-22-19(27)14-25(32-23(22)30,17-5-3-4-6-17)12-11-16-7-9-18(31-2)10-8-16/h7-10,17,27H,3-6,11-14H2,1-2H3,(H,28,29). The van der Waals surface area contributed by atoms with Gasteiger partial charge in [0.25, 0.3) is 0 Å². The molecule has 7 nitrogen and oxygen atoms in total. The molecule has 0 saturated heterocycles. The van der Waals surface area contributed by atoms with Crippen LogP contribution < -0.4 is 4.74 Å². The molecule has 2 aliphatic rings. The van der Waals surface area contributed by atoms with E-state index in [9.17, 15) is 14.7 Å². The summed E-state index contributed by atoms with van der Waals surface area (Å²) in [4.78, 5) is 29.4. The fourth-order valence-corrected chi connectivity index (χ4v) is 7.03. The Morgan fingerprint density at radius 3 is 2.62 bits per heavy atom. The number of nitrogens with zero attached hydrogens (tertiary/aromatic N) is 1. The molecule has 1 aromatic carbocycles. The molecule has 1 aliphatic heterocycles. The number of cyclic esters (lactones) is 1. The average Bonchev–Trinajstić information content (AvgIpc) is 3.46. The maximum absolute atomic E-state index is 13.2. The van der Waals surface area contributed by atoms with E-state index in [1.165, 1.54) is 11.3 Å². The number of aliphatic carboxylic acids is 1. The number of carboxylic acid groups (broad SMARTS) is 1. The molecular weight excluding hydrogens is 474 g/mol. The van der Waals surface area contributed by atoms with Crippen LogP contribution in [0.15, 0.2) is 39.3 Å². The number of carboxylic acids is 1. The number of ether oxygens (including phenoxy) is 2. The third-order valence-electron chi connectivity index (χ3n) is 6.68. The van der Waals surface area contributed by atoms with Crippen molar-refractivity contribution < 1.29 is 29.3 Å². The minimum absolute atomic E-state index is 0.0375. The molecule has 1 atom stereocenters. The normalized spacial score (nSPS) is 21.1. The predicted octanol–water partition coefficient (Wildman–Crippen LogP) is 5.46. The molecule has 34 heavy (non-hydrogen) atoms. The van der Waals surface area contributed by atoms with Crippen molar-refractivity contribution in [2.75, 3.05) is 7.11 Å². The first-order valence-electron chi connectivity index (χ1n) is 11.4. The minimum Gasteiger partial charge on any atom is -0.511 e. The number of benzene rings is 1. The second-order valence-electron chi connectivity index (χ2n) is 8.90. The maximum atomic E-state index is 13.2. The van der Waals surface area contributed by atoms with Crippen molar-refractivity contribution in [3.8, 4) is 5.75 Å². The van der Waals surface area contributed by atoms with Crippen molar-refractivity contribution in [3.05, 3.63) is 51.1 Å². The summed E-state index contributed by atoms with van der Waals surface area (Å²) in [5.74, 6) is -0.406. The number of carbonyl (C=O) groups is 2. The molecule has 2 N–H and O–H groups in total. The molecule has 1 saturated carbocycles. The lowest BCUT2D eigenvalue weighted by Crippen LogP contribution is -2.45. The number of rotatable bonds is 9. The highest BCUT2D eigenvalue weighted by Gasteiger charge is 2.48. The SMILES string of the molecule is COc1ccc(CCC2(C3CCCC3)CC(O)=C(Sc3nc(C)c(CC(=O)O)s3)C(=O)O2)cc1. The lowest BCUT2D eigenvalue weighted by atomic mass is 9.77. The van der Waals surface area contributed by atoms with E-state index in [0.29, 0.717) is 21.3 Å². The Kier molecular flexibility index (Phi) is 7.52. The van der Waals surface area contributed by atoms with E-state index in [1.807, 2.05) is 24.3 Å². The summed E-state index contributed by atoms with van der Waals surface area (Å²) in [6.07, 6.45) is 5.70. The Hall–Kier alpha value is -2.52. The number of hydrogen-bond donors (Lipinski definition) is 2. The van der Waals surface area contributed by atoms with Crippen LogP contribution in [0.25, 0.3) is 0 Å². The molecular formula is C25H29NO6S2. The van der Waals surface area contributed by atoms with Crippen molar-refractivity contribution in [1.29, 1.82) is 0 Å². The van der Waals surface area contributed by atoms with Crippen molar-refractivity contribution >= 4 is 35.0 Å². The smallest absolute Gasteiger partial charge is 0.349 e. The van der Waals surface area contributed by atoms with Crippen LogP contribution in [0.4, 0.5) is 0 Å². The van der Waals surface area contributed by atoms with E-state index >= 15 is 0 Å². The number of aromatic nitrogens is 1. The molecule has 2 aromatic rings. The molecule has 1 aliphatic carbocycles. The predicted molar refractivity (Wildman–Crippen MR) is 130 cm³/mol. The topological polar surface area (TPSA) is 106 Å². The summed E-state index contributed by atoms with van der Waals surface area (Å²) >= 11 is 2.29. The largest absolute Gasteiger partial charge is 0.511 e. The van der Waals surface area contributed by atoms with Crippen LogP contribution in [-0.4, -0.2) is 39.8 Å². The van der Waals surface area contributed by atoms with Crippen LogP contribution in [0.5, 0.6) is 5.75 Å². The fourth-order valence-electron chi connectivity index (χ4n) is 4.85. The van der Waals surface area contributed by atoms with E-state index in [4.69, 9.17) is 14.6 Å². The van der Waals surface area contributed by atoms with E-state index in [1.54, 1.807) is 14.0 Å². The van der Waals surface area contributed by atoms with Crippen molar-refractivity contribution in [1.82, 2.24) is 4.98 Å². The number of carbonyl (C=O) groups excluding carboxylic acids is 1. The summed E-state index contributed by atoms with van der Waals surface area (Å²) < 4.78 is 11.9. The number of methoxy groups -OCH3 is 1. The molecule has 0 radical (unpaired) electrons. The molecule has 0 bridgehead atoms. The van der Waals surface area contributed by atoms with Gasteiger partial charge in [-0.15, -0.1) is 11.3 Å². The van der Waals surface area contributed by atoms with Crippen LogP contribution in [-0.2, 0) is 27.2 Å². The quantitative estimate of drug-likeness (QED) is 0.435. The van der Waals surface area contributed by atoms with E-state index < -0.39 is 17.5 Å². The van der Waals surface area contributed by atoms with Crippen molar-refractivity contribution in [2.45, 2.75) is 68.2 Å². The molecule has 4 rings (SSSR count). The molecule has 1 aromatic heterocycles. The number of esters is 1. The first-order valence-corrected chi connectivity index (χ1v) is 13.1. The highest BCUT2D eigenvalue weighted by atomic mass is 32.2. The van der Waals surface area contributed by atoms with Gasteiger partial charge < -0.3 is 19.7 Å². The number of hydrogen-bond acceptors (Lipinski definition) is 8. The van der Waals surface area contributed by atoms with Gasteiger partial charge in [-0.3, -0.25) is 4.79 Å². The van der Waals surface area contributed by atoms with Gasteiger partial charge in [0.1, 0.15) is 22.0 Å². The van der Waals surface area contributed by atoms with E-state index in [2.05, 4.69) is 4.98 Å². The van der Waals surface area contributed by atoms with Gasteiger partial charge in [-0.05, 0) is 68.0 Å². The summed E-state index contributed by atoms with van der Waals surface area (Å²) in [5.41, 5.74) is 1.02. The van der Waals surface area contributed by atoms with E-state index in [-0.39, 0.29) is 29.4 Å². The minimum atomic E-state index is -0.930. The van der Waals surface area contributed by atoms with Crippen molar-refractivity contribution in [2.24, 2.45) is 5.92 Å². The monoisotopic (exact) mass is 503 g/mol. The highest BCUT2D eigenvalue weighted by Crippen LogP contribution is 2.48. The molecule has 0 amide bonds. The Balaban J connectivity index is 1.54. The lowest BCUT2D eigenvalue weighted by molar-refractivity contribution is -0.166. The number of aryl methyl sites for hydroxylation is 2. The van der Waals surface area contributed by atoms with Gasteiger partial charge in [-0.2, -0.15) is 0 Å². The van der Waals surface area contributed by atoms with Gasteiger partial charge in [0.15, 0.2) is 4.34 Å². The molecule has 1 fully saturated rings. The van der Waals surface area contributed by atoms with Crippen LogP contribution in [0.1, 0.15) is 54.7 Å². The van der Waals surface area contributed by atoms with Crippen LogP contribution in [0.3, 0.4) is 0 Å². The summed E-state index contributed by atoms with van der Waals surface area (Å²) in [6, 6.07) is 7.88. The van der Waals surface area contributed by atoms with Gasteiger partial charge in [-0.1, -0.05) is 25.0 Å². The van der Waals surface area contributed by atoms with Crippen molar-refractivity contribution in [3.63, 3.8) is 0 Å². The molecule has 2 heterocycles. The molecule has 0 spiro atoms. The Morgan fingerprint density at radius 1 is 1.29 bits per heavy atom. The third kappa shape index (κ3) is 5.41. The second-order valence-corrected chi connectivity index (χ2v) is 11.2.